The molecular weight excluding hydrogens is 114 g/mol. The van der Waals surface area contributed by atoms with Crippen molar-refractivity contribution in [2.24, 2.45) is 11.5 Å². The number of hydrogen-bond acceptors (Lipinski definition) is 2. The van der Waals surface area contributed by atoms with Crippen molar-refractivity contribution in [2.75, 3.05) is 0 Å². The van der Waals surface area contributed by atoms with E-state index in [1.165, 1.54) is 0 Å². The summed E-state index contributed by atoms with van der Waals surface area (Å²) in [6.07, 6.45) is 1.60. The van der Waals surface area contributed by atoms with Crippen molar-refractivity contribution >= 4 is 0 Å². The fourth-order valence-electron chi connectivity index (χ4n) is 0.457. The van der Waals surface area contributed by atoms with Crippen LogP contribution in [0.15, 0.2) is 0 Å². The van der Waals surface area contributed by atoms with Gasteiger partial charge in [-0.1, -0.05) is 13.8 Å². The Morgan fingerprint density at radius 2 is 1.44 bits per heavy atom. The molecule has 3 heteroatoms. The van der Waals surface area contributed by atoms with E-state index in [2.05, 4.69) is 5.32 Å². The summed E-state index contributed by atoms with van der Waals surface area (Å²) in [5.41, 5.74) is 11.0. The second-order valence-corrected chi connectivity index (χ2v) is 2.10. The Morgan fingerprint density at radius 3 is 1.67 bits per heavy atom. The van der Waals surface area contributed by atoms with Crippen molar-refractivity contribution in [2.45, 2.75) is 39.0 Å². The summed E-state index contributed by atoms with van der Waals surface area (Å²) in [5.74, 6) is 0. The lowest BCUT2D eigenvalue weighted by Crippen LogP contribution is -2.41. The van der Waals surface area contributed by atoms with Crippen molar-refractivity contribution in [3.05, 3.63) is 0 Å². The van der Waals surface area contributed by atoms with Gasteiger partial charge in [0.15, 0.2) is 0 Å². The minimum atomic E-state index is -0.0695. The van der Waals surface area contributed by atoms with Crippen LogP contribution in [0.3, 0.4) is 0 Å². The van der Waals surface area contributed by atoms with Crippen molar-refractivity contribution in [1.82, 2.24) is 5.32 Å². The molecule has 0 aromatic heterocycles. The van der Waals surface area contributed by atoms with Gasteiger partial charge in [0, 0.05) is 0 Å². The quantitative estimate of drug-likeness (QED) is 0.561. The van der Waals surface area contributed by atoms with E-state index in [0.29, 0.717) is 0 Å². The van der Waals surface area contributed by atoms with Crippen LogP contribution in [0.1, 0.15) is 26.7 Å². The van der Waals surface area contributed by atoms with Gasteiger partial charge in [-0.05, 0) is 12.8 Å². The highest BCUT2D eigenvalue weighted by atomic mass is 15.1. The van der Waals surface area contributed by atoms with Gasteiger partial charge in [0.2, 0.25) is 0 Å². The van der Waals surface area contributed by atoms with Crippen LogP contribution < -0.4 is 16.8 Å². The molecule has 0 amide bonds. The summed E-state index contributed by atoms with van der Waals surface area (Å²) in [6.45, 7) is 3.99. The predicted octanol–water partition coefficient (Wildman–Crippen LogP) is -0.0196. The highest BCUT2D eigenvalue weighted by Crippen LogP contribution is 1.87. The maximum Gasteiger partial charge on any atom is 0.0726 e. The van der Waals surface area contributed by atoms with Crippen molar-refractivity contribution in [3.8, 4) is 0 Å². The van der Waals surface area contributed by atoms with Gasteiger partial charge in [-0.2, -0.15) is 0 Å². The molecule has 9 heavy (non-hydrogen) atoms. The molecule has 0 bridgehead atoms. The number of nitrogens with two attached hydrogens (primary N) is 2. The standard InChI is InChI=1S/C6H16N3/c1-3-5(7)9-6(8)4-2/h5-6H,3-4,7-8H2,1-2H3. The van der Waals surface area contributed by atoms with E-state index in [9.17, 15) is 0 Å². The Kier molecular flexibility index (Phi) is 4.67. The molecule has 0 aromatic rings. The Bertz CT molecular complexity index is 57.3. The molecule has 55 valence electrons. The molecule has 2 atom stereocenters. The summed E-state index contributed by atoms with van der Waals surface area (Å²) in [4.78, 5) is 0. The minimum Gasteiger partial charge on any atom is -0.315 e. The fraction of sp³-hybridized carbons (Fsp3) is 1.00. The first-order valence-electron chi connectivity index (χ1n) is 3.41. The molecule has 3 nitrogen and oxygen atoms in total. The zero-order valence-electron chi connectivity index (χ0n) is 6.17. The molecule has 0 aliphatic heterocycles. The number of rotatable bonds is 4. The van der Waals surface area contributed by atoms with Crippen LogP contribution in [0.25, 0.3) is 0 Å². The first-order valence-corrected chi connectivity index (χ1v) is 3.41. The molecule has 0 aliphatic carbocycles. The summed E-state index contributed by atoms with van der Waals surface area (Å²) >= 11 is 0. The zero-order chi connectivity index (χ0) is 7.28. The predicted molar refractivity (Wildman–Crippen MR) is 38.7 cm³/mol. The molecule has 0 aromatic carbocycles. The highest BCUT2D eigenvalue weighted by Gasteiger charge is 2.03. The molecule has 0 rings (SSSR count). The first-order chi connectivity index (χ1) is 4.20. The second-order valence-electron chi connectivity index (χ2n) is 2.10. The third-order valence-electron chi connectivity index (χ3n) is 1.22. The SMILES string of the molecule is CCC(N)[N]C(N)CC. The first kappa shape index (κ1) is 8.88. The topological polar surface area (TPSA) is 66.1 Å². The van der Waals surface area contributed by atoms with Gasteiger partial charge in [0.05, 0.1) is 12.3 Å². The van der Waals surface area contributed by atoms with E-state index in [0.717, 1.165) is 12.8 Å². The molecule has 0 saturated heterocycles. The van der Waals surface area contributed by atoms with Crippen LogP contribution >= 0.6 is 0 Å². The van der Waals surface area contributed by atoms with E-state index in [1.54, 1.807) is 0 Å². The molecule has 0 saturated carbocycles. The monoisotopic (exact) mass is 130 g/mol. The largest absolute Gasteiger partial charge is 0.315 e. The van der Waals surface area contributed by atoms with E-state index >= 15 is 0 Å². The van der Waals surface area contributed by atoms with Gasteiger partial charge in [0.1, 0.15) is 0 Å². The number of nitrogens with zero attached hydrogens (tertiary/aromatic N) is 1. The molecule has 0 spiro atoms. The Morgan fingerprint density at radius 1 is 1.11 bits per heavy atom. The van der Waals surface area contributed by atoms with Gasteiger partial charge in [0.25, 0.3) is 0 Å². The molecular formula is C6H16N3. The minimum absolute atomic E-state index is 0.0695. The lowest BCUT2D eigenvalue weighted by molar-refractivity contribution is 0.412. The third-order valence-corrected chi connectivity index (χ3v) is 1.22. The molecule has 1 radical (unpaired) electrons. The van der Waals surface area contributed by atoms with Crippen molar-refractivity contribution in [1.29, 1.82) is 0 Å². The van der Waals surface area contributed by atoms with Gasteiger partial charge >= 0.3 is 0 Å². The van der Waals surface area contributed by atoms with Gasteiger partial charge in [-0.3, -0.25) is 0 Å². The normalized spacial score (nSPS) is 17.3. The summed E-state index contributed by atoms with van der Waals surface area (Å²) in [6, 6.07) is 0. The van der Waals surface area contributed by atoms with Crippen molar-refractivity contribution < 1.29 is 0 Å². The van der Waals surface area contributed by atoms with Gasteiger partial charge in [-0.25, -0.2) is 5.32 Å². The summed E-state index contributed by atoms with van der Waals surface area (Å²) < 4.78 is 0. The van der Waals surface area contributed by atoms with Gasteiger partial charge in [-0.15, -0.1) is 0 Å². The molecule has 4 N–H and O–H groups in total. The molecule has 0 fully saturated rings. The maximum absolute atomic E-state index is 5.50. The van der Waals surface area contributed by atoms with E-state index < -0.39 is 0 Å². The van der Waals surface area contributed by atoms with Crippen LogP contribution in [-0.4, -0.2) is 12.3 Å². The maximum atomic E-state index is 5.50. The summed E-state index contributed by atoms with van der Waals surface area (Å²) in [5, 5.41) is 4.07. The van der Waals surface area contributed by atoms with Crippen LogP contribution in [0.4, 0.5) is 0 Å². The lowest BCUT2D eigenvalue weighted by atomic mass is 10.3. The smallest absolute Gasteiger partial charge is 0.0726 e. The average molecular weight is 130 g/mol. The van der Waals surface area contributed by atoms with Crippen LogP contribution in [0.5, 0.6) is 0 Å². The molecule has 0 aliphatic rings. The Labute approximate surface area is 56.8 Å². The third kappa shape index (κ3) is 4.39. The Hall–Kier alpha value is -0.120. The molecule has 2 unspecified atom stereocenters. The Balaban J connectivity index is 3.22. The highest BCUT2D eigenvalue weighted by molar-refractivity contribution is 4.60. The second kappa shape index (κ2) is 4.73. The molecule has 0 heterocycles. The van der Waals surface area contributed by atoms with Crippen LogP contribution in [0, 0.1) is 0 Å². The van der Waals surface area contributed by atoms with Crippen molar-refractivity contribution in [3.63, 3.8) is 0 Å². The van der Waals surface area contributed by atoms with Gasteiger partial charge < -0.3 is 11.5 Å². The fourth-order valence-corrected chi connectivity index (χ4v) is 0.457. The number of hydrogen-bond donors (Lipinski definition) is 2. The van der Waals surface area contributed by atoms with E-state index in [1.807, 2.05) is 13.8 Å². The van der Waals surface area contributed by atoms with E-state index in [-0.39, 0.29) is 12.3 Å². The van der Waals surface area contributed by atoms with E-state index in [4.69, 9.17) is 11.5 Å². The van der Waals surface area contributed by atoms with Crippen LogP contribution in [0.2, 0.25) is 0 Å². The zero-order valence-corrected chi connectivity index (χ0v) is 6.17. The summed E-state index contributed by atoms with van der Waals surface area (Å²) in [7, 11) is 0. The lowest BCUT2D eigenvalue weighted by Gasteiger charge is -2.13. The van der Waals surface area contributed by atoms with Crippen LogP contribution in [-0.2, 0) is 0 Å². The average Bonchev–Trinajstić information content (AvgIpc) is 1.87.